The third-order valence-electron chi connectivity index (χ3n) is 4.85. The quantitative estimate of drug-likeness (QED) is 0.833. The van der Waals surface area contributed by atoms with Crippen molar-refractivity contribution in [3.05, 3.63) is 48.3 Å². The average Bonchev–Trinajstić information content (AvgIpc) is 3.15. The van der Waals surface area contributed by atoms with E-state index in [0.717, 1.165) is 11.3 Å². The number of hydrogen-bond donors (Lipinski definition) is 0. The predicted molar refractivity (Wildman–Crippen MR) is 105 cm³/mol. The summed E-state index contributed by atoms with van der Waals surface area (Å²) in [5, 5.41) is 4.38. The molecule has 2 amide bonds. The largest absolute Gasteiger partial charge is 0.339 e. The number of aryl methyl sites for hydroxylation is 1. The lowest BCUT2D eigenvalue weighted by molar-refractivity contribution is -0.144. The number of carbonyl (C=O) groups excluding carboxylic acids is 2. The van der Waals surface area contributed by atoms with Crippen LogP contribution < -0.4 is 0 Å². The highest BCUT2D eigenvalue weighted by Gasteiger charge is 2.30. The van der Waals surface area contributed by atoms with Gasteiger partial charge in [0, 0.05) is 44.2 Å². The lowest BCUT2D eigenvalue weighted by atomic mass is 9.94. The van der Waals surface area contributed by atoms with Crippen LogP contribution in [0, 0.1) is 5.41 Å². The second-order valence-corrected chi connectivity index (χ2v) is 8.05. The molecule has 0 aliphatic carbocycles. The zero-order chi connectivity index (χ0) is 19.4. The number of aromatic nitrogens is 2. The van der Waals surface area contributed by atoms with Crippen molar-refractivity contribution in [3.8, 4) is 5.69 Å². The number of hydrogen-bond acceptors (Lipinski definition) is 3. The maximum Gasteiger partial charge on any atom is 0.228 e. The van der Waals surface area contributed by atoms with Crippen LogP contribution >= 0.6 is 0 Å². The Morgan fingerprint density at radius 2 is 1.63 bits per heavy atom. The fraction of sp³-hybridized carbons (Fsp3) is 0.476. The summed E-state index contributed by atoms with van der Waals surface area (Å²) in [6.45, 7) is 8.27. The van der Waals surface area contributed by atoms with E-state index >= 15 is 0 Å². The number of amides is 2. The summed E-state index contributed by atoms with van der Waals surface area (Å²) in [6.07, 6.45) is 4.93. The summed E-state index contributed by atoms with van der Waals surface area (Å²) < 4.78 is 1.83. The van der Waals surface area contributed by atoms with Gasteiger partial charge in [-0.25, -0.2) is 4.68 Å². The summed E-state index contributed by atoms with van der Waals surface area (Å²) in [4.78, 5) is 28.6. The first kappa shape index (κ1) is 19.1. The van der Waals surface area contributed by atoms with Crippen molar-refractivity contribution in [1.82, 2.24) is 19.6 Å². The molecule has 0 spiro atoms. The van der Waals surface area contributed by atoms with Gasteiger partial charge in [-0.3, -0.25) is 9.59 Å². The van der Waals surface area contributed by atoms with Gasteiger partial charge in [0.2, 0.25) is 11.8 Å². The fourth-order valence-corrected chi connectivity index (χ4v) is 3.25. The molecule has 27 heavy (non-hydrogen) atoms. The molecule has 1 aromatic heterocycles. The first-order valence-corrected chi connectivity index (χ1v) is 9.51. The minimum atomic E-state index is -0.370. The van der Waals surface area contributed by atoms with E-state index in [9.17, 15) is 9.59 Å². The monoisotopic (exact) mass is 368 g/mol. The zero-order valence-corrected chi connectivity index (χ0v) is 16.4. The van der Waals surface area contributed by atoms with E-state index in [2.05, 4.69) is 5.10 Å². The standard InChI is InChI=1S/C21H28N4O2/c1-21(2,3)20(27)24-13-11-23(12-14-24)19(26)10-9-17-15-22-25(16-17)18-7-5-4-6-8-18/h4-8,15-16H,9-14H2,1-3H3. The van der Waals surface area contributed by atoms with E-state index in [4.69, 9.17) is 0 Å². The van der Waals surface area contributed by atoms with Crippen LogP contribution in [0.3, 0.4) is 0 Å². The molecule has 0 radical (unpaired) electrons. The minimum Gasteiger partial charge on any atom is -0.339 e. The molecule has 0 atom stereocenters. The van der Waals surface area contributed by atoms with Crippen LogP contribution in [-0.4, -0.2) is 57.6 Å². The number of para-hydroxylation sites is 1. The van der Waals surface area contributed by atoms with Gasteiger partial charge in [0.15, 0.2) is 0 Å². The molecule has 2 aromatic rings. The molecule has 0 bridgehead atoms. The number of carbonyl (C=O) groups is 2. The number of piperazine rings is 1. The Kier molecular flexibility index (Phi) is 5.63. The van der Waals surface area contributed by atoms with E-state index in [1.165, 1.54) is 0 Å². The highest BCUT2D eigenvalue weighted by Crippen LogP contribution is 2.19. The third-order valence-corrected chi connectivity index (χ3v) is 4.85. The summed E-state index contributed by atoms with van der Waals surface area (Å²) in [7, 11) is 0. The highest BCUT2D eigenvalue weighted by molar-refractivity contribution is 5.82. The Morgan fingerprint density at radius 1 is 1.00 bits per heavy atom. The molecular weight excluding hydrogens is 340 g/mol. The molecule has 6 nitrogen and oxygen atoms in total. The van der Waals surface area contributed by atoms with Crippen molar-refractivity contribution >= 4 is 11.8 Å². The van der Waals surface area contributed by atoms with Crippen LogP contribution in [0.15, 0.2) is 42.7 Å². The van der Waals surface area contributed by atoms with Crippen LogP contribution in [0.2, 0.25) is 0 Å². The molecule has 3 rings (SSSR count). The topological polar surface area (TPSA) is 58.4 Å². The Bertz CT molecular complexity index is 784. The van der Waals surface area contributed by atoms with Gasteiger partial charge in [-0.05, 0) is 24.1 Å². The lowest BCUT2D eigenvalue weighted by Gasteiger charge is -2.37. The molecule has 6 heteroatoms. The Hall–Kier alpha value is -2.63. The summed E-state index contributed by atoms with van der Waals surface area (Å²) in [6, 6.07) is 9.93. The fourth-order valence-electron chi connectivity index (χ4n) is 3.25. The van der Waals surface area contributed by atoms with Gasteiger partial charge in [0.1, 0.15) is 0 Å². The van der Waals surface area contributed by atoms with Gasteiger partial charge in [-0.2, -0.15) is 5.10 Å². The molecule has 1 fully saturated rings. The normalized spacial score (nSPS) is 15.1. The van der Waals surface area contributed by atoms with E-state index in [1.807, 2.05) is 78.0 Å². The van der Waals surface area contributed by atoms with Gasteiger partial charge in [0.25, 0.3) is 0 Å². The van der Waals surface area contributed by atoms with Crippen LogP contribution in [0.5, 0.6) is 0 Å². The SMILES string of the molecule is CC(C)(C)C(=O)N1CCN(C(=O)CCc2cnn(-c3ccccc3)c2)CC1. The average molecular weight is 368 g/mol. The third kappa shape index (κ3) is 4.76. The highest BCUT2D eigenvalue weighted by atomic mass is 16.2. The van der Waals surface area contributed by atoms with E-state index < -0.39 is 0 Å². The van der Waals surface area contributed by atoms with Gasteiger partial charge < -0.3 is 9.80 Å². The van der Waals surface area contributed by atoms with Crippen molar-refractivity contribution in [2.75, 3.05) is 26.2 Å². The Morgan fingerprint density at radius 3 is 2.26 bits per heavy atom. The maximum absolute atomic E-state index is 12.5. The molecule has 1 aromatic carbocycles. The lowest BCUT2D eigenvalue weighted by Crippen LogP contribution is -2.53. The first-order chi connectivity index (χ1) is 12.8. The summed E-state index contributed by atoms with van der Waals surface area (Å²) in [5.41, 5.74) is 1.69. The molecule has 0 unspecified atom stereocenters. The molecule has 2 heterocycles. The van der Waals surface area contributed by atoms with Crippen molar-refractivity contribution < 1.29 is 9.59 Å². The van der Waals surface area contributed by atoms with Crippen molar-refractivity contribution in [2.45, 2.75) is 33.6 Å². The molecule has 0 N–H and O–H groups in total. The molecule has 1 aliphatic heterocycles. The molecule has 144 valence electrons. The Balaban J connectivity index is 1.48. The van der Waals surface area contributed by atoms with Gasteiger partial charge >= 0.3 is 0 Å². The number of rotatable bonds is 4. The van der Waals surface area contributed by atoms with Crippen LogP contribution in [0.1, 0.15) is 32.8 Å². The van der Waals surface area contributed by atoms with Crippen LogP contribution in [0.4, 0.5) is 0 Å². The second-order valence-electron chi connectivity index (χ2n) is 8.05. The van der Waals surface area contributed by atoms with Gasteiger partial charge in [0.05, 0.1) is 11.9 Å². The smallest absolute Gasteiger partial charge is 0.228 e. The number of nitrogens with zero attached hydrogens (tertiary/aromatic N) is 4. The van der Waals surface area contributed by atoms with Crippen LogP contribution in [-0.2, 0) is 16.0 Å². The van der Waals surface area contributed by atoms with Gasteiger partial charge in [-0.15, -0.1) is 0 Å². The van der Waals surface area contributed by atoms with E-state index in [0.29, 0.717) is 39.0 Å². The molecule has 0 saturated carbocycles. The summed E-state index contributed by atoms with van der Waals surface area (Å²) >= 11 is 0. The minimum absolute atomic E-state index is 0.144. The number of benzene rings is 1. The van der Waals surface area contributed by atoms with Crippen molar-refractivity contribution in [2.24, 2.45) is 5.41 Å². The second kappa shape index (κ2) is 7.94. The van der Waals surface area contributed by atoms with E-state index in [1.54, 1.807) is 0 Å². The Labute approximate surface area is 160 Å². The molecular formula is C21H28N4O2. The molecule has 1 aliphatic rings. The summed E-state index contributed by atoms with van der Waals surface area (Å²) in [5.74, 6) is 0.299. The maximum atomic E-state index is 12.5. The van der Waals surface area contributed by atoms with Crippen molar-refractivity contribution in [3.63, 3.8) is 0 Å². The zero-order valence-electron chi connectivity index (χ0n) is 16.4. The first-order valence-electron chi connectivity index (χ1n) is 9.51. The molecule has 1 saturated heterocycles. The van der Waals surface area contributed by atoms with Gasteiger partial charge in [-0.1, -0.05) is 39.0 Å². The van der Waals surface area contributed by atoms with E-state index in [-0.39, 0.29) is 17.2 Å². The van der Waals surface area contributed by atoms with Crippen LogP contribution in [0.25, 0.3) is 5.69 Å². The predicted octanol–water partition coefficient (Wildman–Crippen LogP) is 2.52. The van der Waals surface area contributed by atoms with Crippen molar-refractivity contribution in [1.29, 1.82) is 0 Å².